The largest absolute Gasteiger partial charge is 0.464 e. The van der Waals surface area contributed by atoms with Gasteiger partial charge in [0.25, 0.3) is 0 Å². The molecule has 1 atom stereocenters. The summed E-state index contributed by atoms with van der Waals surface area (Å²) in [4.78, 5) is 44.0. The summed E-state index contributed by atoms with van der Waals surface area (Å²) in [6, 6.07) is 2.84. The number of carbonyl (C=O) groups is 3. The Labute approximate surface area is 176 Å². The number of nitrogens with zero attached hydrogens (tertiary/aromatic N) is 3. The van der Waals surface area contributed by atoms with E-state index >= 15 is 0 Å². The summed E-state index contributed by atoms with van der Waals surface area (Å²) in [6.45, 7) is 7.74. The molecule has 0 aliphatic rings. The van der Waals surface area contributed by atoms with Crippen molar-refractivity contribution in [2.75, 3.05) is 20.8 Å². The van der Waals surface area contributed by atoms with Crippen LogP contribution in [-0.2, 0) is 27.4 Å². The molecule has 30 heavy (non-hydrogen) atoms. The van der Waals surface area contributed by atoms with Crippen LogP contribution < -0.4 is 0 Å². The molecule has 0 radical (unpaired) electrons. The number of methoxy groups -OCH3 is 2. The number of hydrogen-bond acceptors (Lipinski definition) is 6. The zero-order chi connectivity index (χ0) is 22.4. The van der Waals surface area contributed by atoms with Crippen LogP contribution >= 0.6 is 0 Å². The van der Waals surface area contributed by atoms with Gasteiger partial charge >= 0.3 is 5.97 Å². The Hall–Kier alpha value is -3.00. The molecular formula is C22H29N3O5. The first kappa shape index (κ1) is 23.3. The van der Waals surface area contributed by atoms with E-state index in [-0.39, 0.29) is 24.8 Å². The number of hydrogen-bond donors (Lipinski definition) is 0. The van der Waals surface area contributed by atoms with Crippen LogP contribution in [0.4, 0.5) is 0 Å². The second-order valence-electron chi connectivity index (χ2n) is 7.02. The number of amides is 1. The molecule has 1 unspecified atom stereocenters. The van der Waals surface area contributed by atoms with E-state index in [4.69, 9.17) is 9.47 Å². The zero-order valence-electron chi connectivity index (χ0n) is 18.4. The third-order valence-electron chi connectivity index (χ3n) is 5.25. The summed E-state index contributed by atoms with van der Waals surface area (Å²) in [5.41, 5.74) is 2.88. The minimum absolute atomic E-state index is 0.135. The summed E-state index contributed by atoms with van der Waals surface area (Å²) in [5, 5.41) is 0. The van der Waals surface area contributed by atoms with Crippen molar-refractivity contribution < 1.29 is 23.9 Å². The average molecular weight is 415 g/mol. The highest BCUT2D eigenvalue weighted by molar-refractivity contribution is 6.06. The number of pyridine rings is 1. The quantitative estimate of drug-likeness (QED) is 0.462. The molecule has 8 heteroatoms. The highest BCUT2D eigenvalue weighted by Crippen LogP contribution is 2.26. The highest BCUT2D eigenvalue weighted by atomic mass is 16.5. The first-order valence-electron chi connectivity index (χ1n) is 9.77. The molecule has 0 spiro atoms. The van der Waals surface area contributed by atoms with E-state index in [1.807, 2.05) is 6.92 Å². The van der Waals surface area contributed by atoms with Crippen molar-refractivity contribution in [1.82, 2.24) is 14.5 Å². The number of ketones is 1. The van der Waals surface area contributed by atoms with Crippen molar-refractivity contribution in [1.29, 1.82) is 0 Å². The number of aromatic nitrogens is 2. The van der Waals surface area contributed by atoms with Gasteiger partial charge in [0.15, 0.2) is 5.78 Å². The Bertz CT molecular complexity index is 921. The maximum Gasteiger partial charge on any atom is 0.354 e. The molecule has 0 N–H and O–H groups in total. The lowest BCUT2D eigenvalue weighted by molar-refractivity contribution is -0.137. The van der Waals surface area contributed by atoms with E-state index in [0.29, 0.717) is 29.1 Å². The predicted octanol–water partition coefficient (Wildman–Crippen LogP) is 2.55. The predicted molar refractivity (Wildman–Crippen MR) is 111 cm³/mol. The van der Waals surface area contributed by atoms with Crippen LogP contribution in [-0.4, -0.2) is 59.0 Å². The first-order valence-corrected chi connectivity index (χ1v) is 9.77. The molecule has 162 valence electrons. The van der Waals surface area contributed by atoms with Crippen molar-refractivity contribution in [2.45, 2.75) is 46.8 Å². The summed E-state index contributed by atoms with van der Waals surface area (Å²) < 4.78 is 11.7. The molecule has 2 rings (SSSR count). The van der Waals surface area contributed by atoms with Crippen molar-refractivity contribution >= 4 is 17.7 Å². The molecule has 0 saturated heterocycles. The molecule has 0 fully saturated rings. The van der Waals surface area contributed by atoms with Gasteiger partial charge in [-0.3, -0.25) is 14.6 Å². The molecule has 2 aromatic heterocycles. The molecule has 2 heterocycles. The third-order valence-corrected chi connectivity index (χ3v) is 5.25. The van der Waals surface area contributed by atoms with Crippen LogP contribution in [0, 0.1) is 13.8 Å². The van der Waals surface area contributed by atoms with Crippen LogP contribution in [0.15, 0.2) is 24.5 Å². The van der Waals surface area contributed by atoms with E-state index < -0.39 is 12.0 Å². The lowest BCUT2D eigenvalue weighted by Crippen LogP contribution is -2.44. The standard InChI is InChI=1S/C22H29N3O5/c1-7-24-15(3)19(14(2)20(24)22(28)30-6)21(27)16(4)25(18(26)13-29-5)12-17-8-10-23-11-9-17/h8-11,16H,7,12-13H2,1-6H3. The Morgan fingerprint density at radius 1 is 1.17 bits per heavy atom. The number of ether oxygens (including phenoxy) is 2. The Kier molecular flexibility index (Phi) is 7.88. The molecule has 0 aromatic carbocycles. The number of Topliss-reactive ketones (excluding diaryl/α,β-unsaturated/α-hetero) is 1. The van der Waals surface area contributed by atoms with Crippen molar-refractivity contribution in [3.05, 3.63) is 52.6 Å². The van der Waals surface area contributed by atoms with Crippen molar-refractivity contribution in [3.8, 4) is 0 Å². The normalized spacial score (nSPS) is 11.8. The second-order valence-corrected chi connectivity index (χ2v) is 7.02. The maximum absolute atomic E-state index is 13.5. The topological polar surface area (TPSA) is 90.7 Å². The Morgan fingerprint density at radius 3 is 2.33 bits per heavy atom. The summed E-state index contributed by atoms with van der Waals surface area (Å²) in [5.74, 6) is -1.03. The summed E-state index contributed by atoms with van der Waals surface area (Å²) in [7, 11) is 2.75. The van der Waals surface area contributed by atoms with Crippen LogP contribution in [0.2, 0.25) is 0 Å². The van der Waals surface area contributed by atoms with E-state index in [2.05, 4.69) is 4.98 Å². The van der Waals surface area contributed by atoms with Crippen LogP contribution in [0.25, 0.3) is 0 Å². The fourth-order valence-corrected chi connectivity index (χ4v) is 3.70. The summed E-state index contributed by atoms with van der Waals surface area (Å²) in [6.07, 6.45) is 3.28. The third kappa shape index (κ3) is 4.59. The van der Waals surface area contributed by atoms with Crippen LogP contribution in [0.1, 0.15) is 51.5 Å². The minimum atomic E-state index is -0.753. The average Bonchev–Trinajstić information content (AvgIpc) is 3.00. The lowest BCUT2D eigenvalue weighted by Gasteiger charge is -2.28. The first-order chi connectivity index (χ1) is 14.3. The zero-order valence-corrected chi connectivity index (χ0v) is 18.4. The molecule has 0 aliphatic carbocycles. The summed E-state index contributed by atoms with van der Waals surface area (Å²) >= 11 is 0. The molecule has 2 aromatic rings. The van der Waals surface area contributed by atoms with Gasteiger partial charge in [-0.2, -0.15) is 0 Å². The minimum Gasteiger partial charge on any atom is -0.464 e. The molecule has 8 nitrogen and oxygen atoms in total. The number of rotatable bonds is 9. The van der Waals surface area contributed by atoms with Gasteiger partial charge in [-0.05, 0) is 51.0 Å². The Balaban J connectivity index is 2.47. The van der Waals surface area contributed by atoms with Crippen LogP contribution in [0.5, 0.6) is 0 Å². The van der Waals surface area contributed by atoms with Crippen molar-refractivity contribution in [3.63, 3.8) is 0 Å². The monoisotopic (exact) mass is 415 g/mol. The number of esters is 1. The van der Waals surface area contributed by atoms with Gasteiger partial charge in [-0.15, -0.1) is 0 Å². The molecular weight excluding hydrogens is 386 g/mol. The number of carbonyl (C=O) groups excluding carboxylic acids is 3. The lowest BCUT2D eigenvalue weighted by atomic mass is 9.99. The fraction of sp³-hybridized carbons (Fsp3) is 0.455. The van der Waals surface area contributed by atoms with Gasteiger partial charge in [-0.25, -0.2) is 4.79 Å². The maximum atomic E-state index is 13.5. The fourth-order valence-electron chi connectivity index (χ4n) is 3.70. The molecule has 1 amide bonds. The molecule has 0 saturated carbocycles. The molecule has 0 aliphatic heterocycles. The van der Waals surface area contributed by atoms with Crippen molar-refractivity contribution in [2.24, 2.45) is 0 Å². The Morgan fingerprint density at radius 2 is 1.80 bits per heavy atom. The SMILES string of the molecule is CCn1c(C)c(C(=O)C(C)N(Cc2ccncc2)C(=O)COC)c(C)c1C(=O)OC. The second kappa shape index (κ2) is 10.2. The van der Waals surface area contributed by atoms with Gasteiger partial charge < -0.3 is 18.9 Å². The van der Waals surface area contributed by atoms with Gasteiger partial charge in [0.1, 0.15) is 12.3 Å². The van der Waals surface area contributed by atoms with Gasteiger partial charge in [0.2, 0.25) is 5.91 Å². The van der Waals surface area contributed by atoms with Gasteiger partial charge in [-0.1, -0.05) is 0 Å². The van der Waals surface area contributed by atoms with Gasteiger partial charge in [0.05, 0.1) is 13.2 Å². The van der Waals surface area contributed by atoms with E-state index in [1.165, 1.54) is 19.1 Å². The van der Waals surface area contributed by atoms with E-state index in [0.717, 1.165) is 5.56 Å². The van der Waals surface area contributed by atoms with E-state index in [9.17, 15) is 14.4 Å². The highest BCUT2D eigenvalue weighted by Gasteiger charge is 2.32. The van der Waals surface area contributed by atoms with Crippen LogP contribution in [0.3, 0.4) is 0 Å². The smallest absolute Gasteiger partial charge is 0.354 e. The van der Waals surface area contributed by atoms with Gasteiger partial charge in [0, 0.05) is 43.9 Å². The van der Waals surface area contributed by atoms with E-state index in [1.54, 1.807) is 49.9 Å². The molecule has 0 bridgehead atoms.